The van der Waals surface area contributed by atoms with Crippen molar-refractivity contribution < 1.29 is 9.90 Å². The van der Waals surface area contributed by atoms with Crippen LogP contribution >= 0.6 is 0 Å². The fourth-order valence-corrected chi connectivity index (χ4v) is 4.18. The van der Waals surface area contributed by atoms with Crippen molar-refractivity contribution in [1.82, 2.24) is 10.2 Å². The Morgan fingerprint density at radius 2 is 1.90 bits per heavy atom. The summed E-state index contributed by atoms with van der Waals surface area (Å²) in [5, 5.41) is 12.9. The van der Waals surface area contributed by atoms with Gasteiger partial charge in [0.15, 0.2) is 0 Å². The average molecular weight is 294 g/mol. The van der Waals surface area contributed by atoms with Gasteiger partial charge in [0.2, 0.25) is 0 Å². The maximum Gasteiger partial charge on any atom is 0.323 e. The lowest BCUT2D eigenvalue weighted by molar-refractivity contribution is -0.144. The molecular weight excluding hydrogens is 264 g/mol. The van der Waals surface area contributed by atoms with Gasteiger partial charge in [-0.3, -0.25) is 10.1 Å². The zero-order valence-electron chi connectivity index (χ0n) is 13.3. The summed E-state index contributed by atoms with van der Waals surface area (Å²) in [4.78, 5) is 14.1. The van der Waals surface area contributed by atoms with Crippen LogP contribution in [0.15, 0.2) is 0 Å². The third-order valence-corrected chi connectivity index (χ3v) is 5.88. The topological polar surface area (TPSA) is 52.6 Å². The van der Waals surface area contributed by atoms with Gasteiger partial charge in [0.05, 0.1) is 0 Å². The second-order valence-corrected chi connectivity index (χ2v) is 7.70. The summed E-state index contributed by atoms with van der Waals surface area (Å²) in [6.07, 6.45) is 9.94. The molecule has 0 aromatic carbocycles. The number of carbonyl (C=O) groups is 1. The van der Waals surface area contributed by atoms with Crippen LogP contribution in [0.3, 0.4) is 0 Å². The van der Waals surface area contributed by atoms with Crippen LogP contribution in [0.5, 0.6) is 0 Å². The number of fused-ring (bicyclic) bond motifs is 1. The molecule has 2 N–H and O–H groups in total. The van der Waals surface area contributed by atoms with Gasteiger partial charge in [-0.15, -0.1) is 0 Å². The fourth-order valence-electron chi connectivity index (χ4n) is 4.18. The standard InChI is InChI=1S/C17H30N2O2/c1-17(16(20)21,18-15-6-7-15)9-11-19-10-8-13-4-2-3-5-14(13)12-19/h13-15,18H,2-12H2,1H3,(H,20,21). The summed E-state index contributed by atoms with van der Waals surface area (Å²) in [5.41, 5.74) is -0.745. The van der Waals surface area contributed by atoms with E-state index in [4.69, 9.17) is 0 Å². The Morgan fingerprint density at radius 3 is 2.57 bits per heavy atom. The lowest BCUT2D eigenvalue weighted by Gasteiger charge is -2.42. The average Bonchev–Trinajstić information content (AvgIpc) is 3.28. The number of hydrogen-bond donors (Lipinski definition) is 2. The number of carboxylic acid groups (broad SMARTS) is 1. The van der Waals surface area contributed by atoms with Crippen molar-refractivity contribution >= 4 is 5.97 Å². The first kappa shape index (κ1) is 15.3. The van der Waals surface area contributed by atoms with Gasteiger partial charge >= 0.3 is 5.97 Å². The van der Waals surface area contributed by atoms with E-state index >= 15 is 0 Å². The normalized spacial score (nSPS) is 33.2. The number of nitrogens with one attached hydrogen (secondary N) is 1. The van der Waals surface area contributed by atoms with E-state index in [-0.39, 0.29) is 0 Å². The number of hydrogen-bond acceptors (Lipinski definition) is 3. The van der Waals surface area contributed by atoms with Gasteiger partial charge in [-0.05, 0) is 57.4 Å². The van der Waals surface area contributed by atoms with Crippen molar-refractivity contribution in [2.75, 3.05) is 19.6 Å². The molecule has 21 heavy (non-hydrogen) atoms. The minimum atomic E-state index is -0.745. The van der Waals surface area contributed by atoms with Gasteiger partial charge < -0.3 is 10.0 Å². The molecule has 3 aliphatic rings. The van der Waals surface area contributed by atoms with E-state index in [0.717, 1.165) is 37.6 Å². The summed E-state index contributed by atoms with van der Waals surface area (Å²) in [6.45, 7) is 5.15. The van der Waals surface area contributed by atoms with Crippen LogP contribution in [0.25, 0.3) is 0 Å². The molecule has 0 radical (unpaired) electrons. The molecule has 3 atom stereocenters. The molecule has 0 aromatic rings. The predicted octanol–water partition coefficient (Wildman–Crippen LogP) is 2.48. The lowest BCUT2D eigenvalue weighted by atomic mass is 9.75. The van der Waals surface area contributed by atoms with Gasteiger partial charge in [0.1, 0.15) is 5.54 Å². The minimum absolute atomic E-state index is 0.440. The van der Waals surface area contributed by atoms with Crippen LogP contribution in [0.1, 0.15) is 58.3 Å². The second-order valence-electron chi connectivity index (χ2n) is 7.70. The molecule has 2 aliphatic carbocycles. The third-order valence-electron chi connectivity index (χ3n) is 5.88. The highest BCUT2D eigenvalue weighted by Gasteiger charge is 2.39. The Balaban J connectivity index is 1.50. The van der Waals surface area contributed by atoms with Crippen LogP contribution in [-0.4, -0.2) is 47.2 Å². The van der Waals surface area contributed by atoms with Crippen molar-refractivity contribution in [1.29, 1.82) is 0 Å². The van der Waals surface area contributed by atoms with Gasteiger partial charge in [0, 0.05) is 19.1 Å². The number of rotatable bonds is 6. The molecule has 3 fully saturated rings. The predicted molar refractivity (Wildman–Crippen MR) is 83.3 cm³/mol. The summed E-state index contributed by atoms with van der Waals surface area (Å²) >= 11 is 0. The van der Waals surface area contributed by atoms with E-state index in [1.54, 1.807) is 0 Å². The first-order chi connectivity index (χ1) is 10.1. The monoisotopic (exact) mass is 294 g/mol. The Bertz CT molecular complexity index is 383. The molecule has 0 amide bonds. The second kappa shape index (κ2) is 6.25. The number of piperidine rings is 1. The molecule has 4 nitrogen and oxygen atoms in total. The Hall–Kier alpha value is -0.610. The number of aliphatic carboxylic acids is 1. The van der Waals surface area contributed by atoms with E-state index < -0.39 is 11.5 Å². The molecular formula is C17H30N2O2. The van der Waals surface area contributed by atoms with Crippen LogP contribution < -0.4 is 5.32 Å². The quantitative estimate of drug-likeness (QED) is 0.790. The van der Waals surface area contributed by atoms with Gasteiger partial charge in [0.25, 0.3) is 0 Å². The zero-order chi connectivity index (χ0) is 14.9. The van der Waals surface area contributed by atoms with E-state index in [0.29, 0.717) is 6.04 Å². The molecule has 1 heterocycles. The largest absolute Gasteiger partial charge is 0.480 e. The lowest BCUT2D eigenvalue weighted by Crippen LogP contribution is -2.53. The van der Waals surface area contributed by atoms with E-state index in [9.17, 15) is 9.90 Å². The Kier molecular flexibility index (Phi) is 4.55. The van der Waals surface area contributed by atoms with Crippen molar-refractivity contribution in [2.24, 2.45) is 11.8 Å². The molecule has 0 spiro atoms. The summed E-state index contributed by atoms with van der Waals surface area (Å²) < 4.78 is 0. The van der Waals surface area contributed by atoms with E-state index in [1.807, 2.05) is 6.92 Å². The number of carboxylic acids is 1. The summed E-state index contributed by atoms with van der Waals surface area (Å²) in [5.74, 6) is 1.13. The van der Waals surface area contributed by atoms with Gasteiger partial charge in [-0.25, -0.2) is 0 Å². The first-order valence-corrected chi connectivity index (χ1v) is 8.80. The third kappa shape index (κ3) is 3.78. The zero-order valence-corrected chi connectivity index (χ0v) is 13.3. The molecule has 1 saturated heterocycles. The molecule has 0 aromatic heterocycles. The molecule has 3 unspecified atom stereocenters. The maximum atomic E-state index is 11.6. The molecule has 3 rings (SSSR count). The highest BCUT2D eigenvalue weighted by Crippen LogP contribution is 2.36. The number of nitrogens with zero attached hydrogens (tertiary/aromatic N) is 1. The molecule has 1 aliphatic heterocycles. The smallest absolute Gasteiger partial charge is 0.323 e. The summed E-state index contributed by atoms with van der Waals surface area (Å²) in [7, 11) is 0. The molecule has 4 heteroatoms. The highest BCUT2D eigenvalue weighted by molar-refractivity contribution is 5.78. The van der Waals surface area contributed by atoms with Crippen LogP contribution in [0, 0.1) is 11.8 Å². The summed E-state index contributed by atoms with van der Waals surface area (Å²) in [6, 6.07) is 0.440. The fraction of sp³-hybridized carbons (Fsp3) is 0.941. The molecule has 0 bridgehead atoms. The van der Waals surface area contributed by atoms with Crippen LogP contribution in [0.4, 0.5) is 0 Å². The molecule has 2 saturated carbocycles. The van der Waals surface area contributed by atoms with E-state index in [2.05, 4.69) is 10.2 Å². The van der Waals surface area contributed by atoms with Gasteiger partial charge in [-0.2, -0.15) is 0 Å². The number of likely N-dealkylation sites (tertiary alicyclic amines) is 1. The van der Waals surface area contributed by atoms with Crippen molar-refractivity contribution in [3.8, 4) is 0 Å². The van der Waals surface area contributed by atoms with Crippen molar-refractivity contribution in [2.45, 2.75) is 69.9 Å². The van der Waals surface area contributed by atoms with E-state index in [1.165, 1.54) is 45.2 Å². The highest BCUT2D eigenvalue weighted by atomic mass is 16.4. The van der Waals surface area contributed by atoms with Gasteiger partial charge in [-0.1, -0.05) is 19.3 Å². The minimum Gasteiger partial charge on any atom is -0.480 e. The van der Waals surface area contributed by atoms with Crippen LogP contribution in [0.2, 0.25) is 0 Å². The molecule has 120 valence electrons. The van der Waals surface area contributed by atoms with Crippen LogP contribution in [-0.2, 0) is 4.79 Å². The maximum absolute atomic E-state index is 11.6. The Morgan fingerprint density at radius 1 is 1.19 bits per heavy atom. The SMILES string of the molecule is CC(CCN1CCC2CCCCC2C1)(NC1CC1)C(=O)O. The van der Waals surface area contributed by atoms with Crippen molar-refractivity contribution in [3.63, 3.8) is 0 Å². The van der Waals surface area contributed by atoms with Crippen molar-refractivity contribution in [3.05, 3.63) is 0 Å². The first-order valence-electron chi connectivity index (χ1n) is 8.80. The Labute approximate surface area is 128 Å².